The maximum absolute atomic E-state index is 13.3. The standard InChI is InChI=1S/C21H21FN2O3/c1-13-3-8-17(15-4-6-16(22)7-5-15)14(2)18(13)19-20(25)23-9-11-27-12-10-24(23)21(19)26/h3-8,19H,9-12H2,1-2H3. The fourth-order valence-electron chi connectivity index (χ4n) is 4.00. The second-order valence-electron chi connectivity index (χ2n) is 6.94. The van der Waals surface area contributed by atoms with Crippen molar-refractivity contribution in [1.82, 2.24) is 10.0 Å². The summed E-state index contributed by atoms with van der Waals surface area (Å²) in [4.78, 5) is 26.1. The molecule has 2 saturated heterocycles. The fourth-order valence-corrected chi connectivity index (χ4v) is 4.00. The molecule has 0 aliphatic carbocycles. The van der Waals surface area contributed by atoms with Gasteiger partial charge < -0.3 is 4.74 Å². The van der Waals surface area contributed by atoms with Crippen molar-refractivity contribution >= 4 is 11.8 Å². The molecule has 2 aromatic carbocycles. The lowest BCUT2D eigenvalue weighted by Crippen LogP contribution is -2.41. The number of hydrazine groups is 1. The highest BCUT2D eigenvalue weighted by Crippen LogP contribution is 2.37. The molecule has 0 N–H and O–H groups in total. The van der Waals surface area contributed by atoms with Crippen LogP contribution in [0.2, 0.25) is 0 Å². The van der Waals surface area contributed by atoms with Crippen LogP contribution in [0.5, 0.6) is 0 Å². The average Bonchev–Trinajstić information content (AvgIpc) is 2.83. The Morgan fingerprint density at radius 1 is 0.926 bits per heavy atom. The van der Waals surface area contributed by atoms with Crippen molar-refractivity contribution in [1.29, 1.82) is 0 Å². The van der Waals surface area contributed by atoms with Crippen LogP contribution in [0.4, 0.5) is 4.39 Å². The van der Waals surface area contributed by atoms with Crippen LogP contribution in [0.1, 0.15) is 22.6 Å². The number of hydrogen-bond donors (Lipinski definition) is 0. The molecule has 5 nitrogen and oxygen atoms in total. The van der Waals surface area contributed by atoms with Crippen molar-refractivity contribution in [2.45, 2.75) is 19.8 Å². The Hall–Kier alpha value is -2.73. The van der Waals surface area contributed by atoms with Gasteiger partial charge in [-0.3, -0.25) is 9.59 Å². The Kier molecular flexibility index (Phi) is 4.44. The molecule has 4 rings (SSSR count). The zero-order valence-electron chi connectivity index (χ0n) is 15.4. The van der Waals surface area contributed by atoms with Crippen LogP contribution in [-0.4, -0.2) is 48.1 Å². The van der Waals surface area contributed by atoms with Crippen LogP contribution in [-0.2, 0) is 14.3 Å². The molecular weight excluding hydrogens is 347 g/mol. The number of carbonyl (C=O) groups is 2. The Bertz CT molecular complexity index is 886. The van der Waals surface area contributed by atoms with Gasteiger partial charge in [0.15, 0.2) is 0 Å². The SMILES string of the molecule is Cc1ccc(-c2ccc(F)cc2)c(C)c1C1C(=O)N2CCOCCN2C1=O. The Balaban J connectivity index is 1.79. The first kappa shape index (κ1) is 17.7. The molecule has 2 aromatic rings. The van der Waals surface area contributed by atoms with Crippen LogP contribution >= 0.6 is 0 Å². The normalized spacial score (nSPS) is 18.0. The summed E-state index contributed by atoms with van der Waals surface area (Å²) >= 11 is 0. The maximum atomic E-state index is 13.3. The molecule has 2 aliphatic heterocycles. The zero-order valence-corrected chi connectivity index (χ0v) is 15.4. The molecule has 0 aromatic heterocycles. The van der Waals surface area contributed by atoms with Crippen LogP contribution in [0.15, 0.2) is 36.4 Å². The first-order valence-electron chi connectivity index (χ1n) is 9.05. The molecule has 2 amide bonds. The third-order valence-electron chi connectivity index (χ3n) is 5.37. The molecule has 0 spiro atoms. The minimum absolute atomic E-state index is 0.201. The fraction of sp³-hybridized carbons (Fsp3) is 0.333. The molecular formula is C21H21FN2O3. The highest BCUT2D eigenvalue weighted by Gasteiger charge is 2.47. The number of amides is 2. The Morgan fingerprint density at radius 2 is 1.52 bits per heavy atom. The zero-order chi connectivity index (χ0) is 19.1. The maximum Gasteiger partial charge on any atom is 0.258 e. The molecule has 0 atom stereocenters. The molecule has 0 unspecified atom stereocenters. The van der Waals surface area contributed by atoms with E-state index in [1.54, 1.807) is 12.1 Å². The van der Waals surface area contributed by atoms with Crippen molar-refractivity contribution in [3.05, 3.63) is 58.9 Å². The number of aryl methyl sites for hydroxylation is 1. The second-order valence-corrected chi connectivity index (χ2v) is 6.94. The van der Waals surface area contributed by atoms with Gasteiger partial charge in [0.25, 0.3) is 11.8 Å². The minimum Gasteiger partial charge on any atom is -0.378 e. The summed E-state index contributed by atoms with van der Waals surface area (Å²) in [5.41, 5.74) is 4.29. The third kappa shape index (κ3) is 2.90. The largest absolute Gasteiger partial charge is 0.378 e. The van der Waals surface area contributed by atoms with E-state index in [-0.39, 0.29) is 17.6 Å². The van der Waals surface area contributed by atoms with Crippen LogP contribution in [0, 0.1) is 19.7 Å². The number of nitrogens with zero attached hydrogens (tertiary/aromatic N) is 2. The van der Waals surface area contributed by atoms with E-state index in [1.165, 1.54) is 22.2 Å². The van der Waals surface area contributed by atoms with Gasteiger partial charge in [-0.2, -0.15) is 0 Å². The summed E-state index contributed by atoms with van der Waals surface area (Å²) in [6.07, 6.45) is 0. The van der Waals surface area contributed by atoms with Gasteiger partial charge >= 0.3 is 0 Å². The number of ether oxygens (including phenoxy) is 1. The highest BCUT2D eigenvalue weighted by atomic mass is 19.1. The molecule has 2 fully saturated rings. The summed E-state index contributed by atoms with van der Waals surface area (Å²) in [5, 5.41) is 3.03. The lowest BCUT2D eigenvalue weighted by molar-refractivity contribution is -0.145. The van der Waals surface area contributed by atoms with Crippen molar-refractivity contribution in [3.63, 3.8) is 0 Å². The molecule has 140 valence electrons. The Morgan fingerprint density at radius 3 is 2.11 bits per heavy atom. The Labute approximate surface area is 157 Å². The smallest absolute Gasteiger partial charge is 0.258 e. The number of hydrogen-bond acceptors (Lipinski definition) is 3. The summed E-state index contributed by atoms with van der Waals surface area (Å²) in [6.45, 7) is 5.46. The van der Waals surface area contributed by atoms with Crippen molar-refractivity contribution < 1.29 is 18.7 Å². The lowest BCUT2D eigenvalue weighted by atomic mass is 9.85. The number of halogens is 1. The summed E-state index contributed by atoms with van der Waals surface area (Å²) in [7, 11) is 0. The first-order valence-corrected chi connectivity index (χ1v) is 9.05. The van der Waals surface area contributed by atoms with E-state index in [0.717, 1.165) is 27.8 Å². The van der Waals surface area contributed by atoms with Gasteiger partial charge in [0.1, 0.15) is 11.7 Å². The van der Waals surface area contributed by atoms with Crippen molar-refractivity contribution in [3.8, 4) is 11.1 Å². The van der Waals surface area contributed by atoms with Gasteiger partial charge in [-0.15, -0.1) is 0 Å². The van der Waals surface area contributed by atoms with E-state index in [4.69, 9.17) is 4.74 Å². The molecule has 2 aliphatic rings. The lowest BCUT2D eigenvalue weighted by Gasteiger charge is -2.23. The van der Waals surface area contributed by atoms with E-state index >= 15 is 0 Å². The molecule has 6 heteroatoms. The van der Waals surface area contributed by atoms with Crippen LogP contribution < -0.4 is 0 Å². The topological polar surface area (TPSA) is 49.9 Å². The van der Waals surface area contributed by atoms with Gasteiger partial charge in [0.2, 0.25) is 0 Å². The van der Waals surface area contributed by atoms with E-state index in [9.17, 15) is 14.0 Å². The number of benzene rings is 2. The monoisotopic (exact) mass is 368 g/mol. The van der Waals surface area contributed by atoms with Gasteiger partial charge in [-0.25, -0.2) is 14.4 Å². The van der Waals surface area contributed by atoms with Crippen LogP contribution in [0.3, 0.4) is 0 Å². The summed E-state index contributed by atoms with van der Waals surface area (Å²) in [5.74, 6) is -1.53. The predicted molar refractivity (Wildman–Crippen MR) is 98.3 cm³/mol. The number of carbonyl (C=O) groups excluding carboxylic acids is 2. The molecule has 0 saturated carbocycles. The highest BCUT2D eigenvalue weighted by molar-refractivity contribution is 6.11. The quantitative estimate of drug-likeness (QED) is 0.766. The van der Waals surface area contributed by atoms with Gasteiger partial charge in [0, 0.05) is 0 Å². The molecule has 0 radical (unpaired) electrons. The molecule has 27 heavy (non-hydrogen) atoms. The van der Waals surface area contributed by atoms with Crippen LogP contribution in [0.25, 0.3) is 11.1 Å². The van der Waals surface area contributed by atoms with Crippen molar-refractivity contribution in [2.75, 3.05) is 26.3 Å². The molecule has 2 heterocycles. The second kappa shape index (κ2) is 6.78. The van der Waals surface area contributed by atoms with Gasteiger partial charge in [-0.1, -0.05) is 24.3 Å². The van der Waals surface area contributed by atoms with Crippen molar-refractivity contribution in [2.24, 2.45) is 0 Å². The summed E-state index contributed by atoms with van der Waals surface area (Å²) in [6, 6.07) is 10.1. The van der Waals surface area contributed by atoms with E-state index in [1.807, 2.05) is 26.0 Å². The van der Waals surface area contributed by atoms with Gasteiger partial charge in [-0.05, 0) is 53.8 Å². The molecule has 0 bridgehead atoms. The number of fused-ring (bicyclic) bond motifs is 1. The van der Waals surface area contributed by atoms with Gasteiger partial charge in [0.05, 0.1) is 26.3 Å². The average molecular weight is 368 g/mol. The first-order chi connectivity index (χ1) is 13.0. The number of rotatable bonds is 2. The third-order valence-corrected chi connectivity index (χ3v) is 5.37. The van der Waals surface area contributed by atoms with E-state index in [2.05, 4.69) is 0 Å². The van der Waals surface area contributed by atoms with E-state index in [0.29, 0.717) is 26.3 Å². The van der Waals surface area contributed by atoms with E-state index < -0.39 is 5.92 Å². The minimum atomic E-state index is -0.830. The predicted octanol–water partition coefficient (Wildman–Crippen LogP) is 2.81. The summed E-state index contributed by atoms with van der Waals surface area (Å²) < 4.78 is 18.7.